The van der Waals surface area contributed by atoms with Crippen LogP contribution in [0.5, 0.6) is 0 Å². The van der Waals surface area contributed by atoms with Gasteiger partial charge >= 0.3 is 5.69 Å². The predicted octanol–water partition coefficient (Wildman–Crippen LogP) is 0.206. The molecule has 0 atom stereocenters. The molecule has 2 aromatic carbocycles. The fraction of sp³-hybridized carbons (Fsp3) is 0.143. The van der Waals surface area contributed by atoms with E-state index >= 15 is 0 Å². The van der Waals surface area contributed by atoms with Gasteiger partial charge in [-0.25, -0.2) is 9.78 Å². The second-order valence-corrected chi connectivity index (χ2v) is 6.65. The van der Waals surface area contributed by atoms with Crippen LogP contribution in [0.15, 0.2) is 76.6 Å². The molecule has 2 aromatic heterocycles. The van der Waals surface area contributed by atoms with Crippen molar-refractivity contribution in [2.45, 2.75) is 19.6 Å². The summed E-state index contributed by atoms with van der Waals surface area (Å²) in [5.74, 6) is -1.51. The second kappa shape index (κ2) is 7.59. The minimum atomic E-state index is -1.51. The van der Waals surface area contributed by atoms with Crippen molar-refractivity contribution in [2.75, 3.05) is 0 Å². The van der Waals surface area contributed by atoms with Gasteiger partial charge in [0.1, 0.15) is 0 Å². The monoisotopic (exact) mass is 389 g/mol. The molecule has 0 unspecified atom stereocenters. The number of hydrogen-bond acceptors (Lipinski definition) is 5. The van der Waals surface area contributed by atoms with E-state index in [-0.39, 0.29) is 17.7 Å². The Kier molecular flexibility index (Phi) is 4.82. The van der Waals surface area contributed by atoms with Crippen LogP contribution in [0.1, 0.15) is 11.1 Å². The highest BCUT2D eigenvalue weighted by atomic mass is 16.4. The van der Waals surface area contributed by atoms with Crippen molar-refractivity contribution in [1.82, 2.24) is 18.7 Å². The van der Waals surface area contributed by atoms with E-state index in [4.69, 9.17) is 0 Å². The molecule has 0 aliphatic carbocycles. The van der Waals surface area contributed by atoms with E-state index in [9.17, 15) is 19.5 Å². The van der Waals surface area contributed by atoms with Crippen LogP contribution >= 0.6 is 0 Å². The maximum Gasteiger partial charge on any atom is 0.333 e. The molecule has 0 bridgehead atoms. The molecule has 146 valence electrons. The standard InChI is InChI=1S/C21H18N4O4/c26-17(27)13-25-20(28)18-19(22-14-23(18)11-15-7-3-1-4-8-15)24(21(25)29)12-16-9-5-2-6-10-16/h1-10,14H,11-13H2,(H,26,27)/p-1. The number of carbonyl (C=O) groups excluding carboxylic acids is 1. The van der Waals surface area contributed by atoms with Gasteiger partial charge in [0.2, 0.25) is 0 Å². The molecule has 8 nitrogen and oxygen atoms in total. The molecule has 0 aliphatic heterocycles. The van der Waals surface area contributed by atoms with E-state index in [0.29, 0.717) is 11.1 Å². The molecule has 4 aromatic rings. The highest BCUT2D eigenvalue weighted by Crippen LogP contribution is 2.12. The number of aromatic nitrogens is 4. The van der Waals surface area contributed by atoms with Gasteiger partial charge in [-0.05, 0) is 11.1 Å². The lowest BCUT2D eigenvalue weighted by Gasteiger charge is -2.13. The summed E-state index contributed by atoms with van der Waals surface area (Å²) < 4.78 is 3.62. The third kappa shape index (κ3) is 3.60. The minimum absolute atomic E-state index is 0.159. The Morgan fingerprint density at radius 2 is 1.45 bits per heavy atom. The van der Waals surface area contributed by atoms with Crippen LogP contribution in [0, 0.1) is 0 Å². The SMILES string of the molecule is O=C([O-])Cn1c(=O)c2c(ncn2Cc2ccccc2)n(Cc2ccccc2)c1=O. The van der Waals surface area contributed by atoms with E-state index in [2.05, 4.69) is 4.98 Å². The summed E-state index contributed by atoms with van der Waals surface area (Å²) in [5.41, 5.74) is 0.720. The summed E-state index contributed by atoms with van der Waals surface area (Å²) in [6.45, 7) is -0.299. The summed E-state index contributed by atoms with van der Waals surface area (Å²) in [6.07, 6.45) is 1.49. The van der Waals surface area contributed by atoms with Crippen molar-refractivity contribution < 1.29 is 9.90 Å². The van der Waals surface area contributed by atoms with E-state index in [1.165, 1.54) is 10.9 Å². The lowest BCUT2D eigenvalue weighted by atomic mass is 10.2. The van der Waals surface area contributed by atoms with Crippen LogP contribution < -0.4 is 16.4 Å². The summed E-state index contributed by atoms with van der Waals surface area (Å²) in [6, 6.07) is 18.7. The number of fused-ring (bicyclic) bond motifs is 1. The third-order valence-electron chi connectivity index (χ3n) is 4.65. The van der Waals surface area contributed by atoms with Gasteiger partial charge in [0.25, 0.3) is 5.56 Å². The first-order valence-corrected chi connectivity index (χ1v) is 9.01. The molecule has 0 saturated carbocycles. The first-order valence-electron chi connectivity index (χ1n) is 9.01. The van der Waals surface area contributed by atoms with E-state index in [1.807, 2.05) is 60.7 Å². The highest BCUT2D eigenvalue weighted by Gasteiger charge is 2.18. The maximum atomic E-state index is 13.0. The van der Waals surface area contributed by atoms with Gasteiger partial charge in [0, 0.05) is 6.54 Å². The number of nitrogens with zero attached hydrogens (tertiary/aromatic N) is 4. The predicted molar refractivity (Wildman–Crippen MR) is 104 cm³/mol. The van der Waals surface area contributed by atoms with Crippen LogP contribution in [0.4, 0.5) is 0 Å². The average molecular weight is 389 g/mol. The zero-order valence-corrected chi connectivity index (χ0v) is 15.4. The summed E-state index contributed by atoms with van der Waals surface area (Å²) in [4.78, 5) is 41.3. The first-order chi connectivity index (χ1) is 14.0. The van der Waals surface area contributed by atoms with Crippen molar-refractivity contribution in [2.24, 2.45) is 0 Å². The highest BCUT2D eigenvalue weighted by molar-refractivity contribution is 5.71. The molecule has 0 saturated heterocycles. The van der Waals surface area contributed by atoms with Gasteiger partial charge in [0.15, 0.2) is 11.2 Å². The third-order valence-corrected chi connectivity index (χ3v) is 4.65. The Bertz CT molecular complexity index is 1290. The topological polar surface area (TPSA) is 102 Å². The summed E-state index contributed by atoms with van der Waals surface area (Å²) in [7, 11) is 0. The largest absolute Gasteiger partial charge is 0.548 e. The Labute approximate surface area is 164 Å². The molecule has 0 N–H and O–H groups in total. The number of carbonyl (C=O) groups is 1. The molecule has 2 heterocycles. The Balaban J connectivity index is 1.93. The molecule has 4 rings (SSSR count). The number of imidazole rings is 1. The van der Waals surface area contributed by atoms with Crippen molar-refractivity contribution in [3.63, 3.8) is 0 Å². The van der Waals surface area contributed by atoms with Crippen LogP contribution in [0.2, 0.25) is 0 Å². The minimum Gasteiger partial charge on any atom is -0.548 e. The fourth-order valence-corrected chi connectivity index (χ4v) is 3.32. The Morgan fingerprint density at radius 3 is 2.03 bits per heavy atom. The molecule has 0 fully saturated rings. The lowest BCUT2D eigenvalue weighted by molar-refractivity contribution is -0.306. The summed E-state index contributed by atoms with van der Waals surface area (Å²) >= 11 is 0. The zero-order chi connectivity index (χ0) is 20.4. The van der Waals surface area contributed by atoms with Gasteiger partial charge in [-0.1, -0.05) is 60.7 Å². The number of rotatable bonds is 6. The number of benzene rings is 2. The van der Waals surface area contributed by atoms with Crippen molar-refractivity contribution in [3.8, 4) is 0 Å². The van der Waals surface area contributed by atoms with E-state index < -0.39 is 23.8 Å². The Morgan fingerprint density at radius 1 is 0.862 bits per heavy atom. The molecule has 0 spiro atoms. The smallest absolute Gasteiger partial charge is 0.333 e. The number of hydrogen-bond donors (Lipinski definition) is 0. The number of carboxylic acid groups (broad SMARTS) is 1. The van der Waals surface area contributed by atoms with Gasteiger partial charge in [-0.15, -0.1) is 0 Å². The van der Waals surface area contributed by atoms with Crippen molar-refractivity contribution in [3.05, 3.63) is 99.0 Å². The van der Waals surface area contributed by atoms with Crippen LogP contribution in [-0.4, -0.2) is 24.7 Å². The van der Waals surface area contributed by atoms with Crippen LogP contribution in [0.3, 0.4) is 0 Å². The normalized spacial score (nSPS) is 11.0. The van der Waals surface area contributed by atoms with E-state index in [1.54, 1.807) is 4.57 Å². The quantitative estimate of drug-likeness (QED) is 0.469. The summed E-state index contributed by atoms with van der Waals surface area (Å²) in [5, 5.41) is 11.2. The lowest BCUT2D eigenvalue weighted by Crippen LogP contribution is -2.44. The number of carboxylic acids is 1. The molecule has 8 heteroatoms. The van der Waals surface area contributed by atoms with Crippen molar-refractivity contribution >= 4 is 17.1 Å². The van der Waals surface area contributed by atoms with Gasteiger partial charge in [-0.3, -0.25) is 13.9 Å². The molecular formula is C21H17N4O4-. The molecular weight excluding hydrogens is 372 g/mol. The molecule has 29 heavy (non-hydrogen) atoms. The maximum absolute atomic E-state index is 13.0. The molecule has 0 aliphatic rings. The zero-order valence-electron chi connectivity index (χ0n) is 15.4. The van der Waals surface area contributed by atoms with Crippen LogP contribution in [0.25, 0.3) is 11.2 Å². The van der Waals surface area contributed by atoms with Crippen LogP contribution in [-0.2, 0) is 24.4 Å². The number of aliphatic carboxylic acids is 1. The Hall–Kier alpha value is -3.94. The fourth-order valence-electron chi connectivity index (χ4n) is 3.32. The van der Waals surface area contributed by atoms with E-state index in [0.717, 1.165) is 11.1 Å². The average Bonchev–Trinajstić information content (AvgIpc) is 3.13. The van der Waals surface area contributed by atoms with Gasteiger partial charge in [-0.2, -0.15) is 0 Å². The molecule has 0 amide bonds. The van der Waals surface area contributed by atoms with Gasteiger partial charge < -0.3 is 14.5 Å². The van der Waals surface area contributed by atoms with Gasteiger partial charge in [0.05, 0.1) is 25.4 Å². The second-order valence-electron chi connectivity index (χ2n) is 6.65. The molecule has 0 radical (unpaired) electrons. The first kappa shape index (κ1) is 18.4. The van der Waals surface area contributed by atoms with Crippen molar-refractivity contribution in [1.29, 1.82) is 0 Å².